The minimum atomic E-state index is -0.169. The van der Waals surface area contributed by atoms with E-state index in [1.165, 1.54) is 5.56 Å². The average molecular weight is 406 g/mol. The van der Waals surface area contributed by atoms with Gasteiger partial charge >= 0.3 is 0 Å². The molecule has 2 aromatic carbocycles. The van der Waals surface area contributed by atoms with Gasteiger partial charge in [0, 0.05) is 45.0 Å². The number of carbonyl (C=O) groups is 1. The first-order valence-corrected chi connectivity index (χ1v) is 10.7. The Morgan fingerprint density at radius 3 is 2.57 bits per heavy atom. The highest BCUT2D eigenvalue weighted by Crippen LogP contribution is 2.21. The third kappa shape index (κ3) is 4.55. The van der Waals surface area contributed by atoms with E-state index in [-0.39, 0.29) is 11.8 Å². The van der Waals surface area contributed by atoms with Crippen LogP contribution in [0.15, 0.2) is 48.5 Å². The number of fused-ring (bicyclic) bond motifs is 1. The number of anilines is 1. The maximum atomic E-state index is 13.0. The molecule has 1 aromatic heterocycles. The molecular weight excluding hydrogens is 374 g/mol. The number of nitrogens with one attached hydrogen (secondary N) is 1. The Morgan fingerprint density at radius 2 is 1.77 bits per heavy atom. The van der Waals surface area contributed by atoms with E-state index in [1.54, 1.807) is 0 Å². The van der Waals surface area contributed by atoms with Gasteiger partial charge in [0.05, 0.1) is 17.0 Å². The highest BCUT2D eigenvalue weighted by Gasteiger charge is 2.19. The van der Waals surface area contributed by atoms with Crippen molar-refractivity contribution in [2.24, 2.45) is 5.92 Å². The number of imidazole rings is 1. The van der Waals surface area contributed by atoms with Gasteiger partial charge in [-0.15, -0.1) is 0 Å². The minimum Gasteiger partial charge on any atom is -0.327 e. The smallest absolute Gasteiger partial charge is 0.229 e. The monoisotopic (exact) mass is 405 g/mol. The average Bonchev–Trinajstić information content (AvgIpc) is 3.06. The number of aryl methyl sites for hydroxylation is 1. The van der Waals surface area contributed by atoms with Crippen LogP contribution < -0.4 is 5.32 Å². The normalized spacial score (nSPS) is 16.6. The molecule has 6 heteroatoms. The Kier molecular flexibility index (Phi) is 6.16. The summed E-state index contributed by atoms with van der Waals surface area (Å²) in [6, 6.07) is 16.2. The van der Waals surface area contributed by atoms with Crippen LogP contribution in [-0.2, 0) is 17.9 Å². The fourth-order valence-electron chi connectivity index (χ4n) is 4.07. The second-order valence-electron chi connectivity index (χ2n) is 8.39. The summed E-state index contributed by atoms with van der Waals surface area (Å²) in [4.78, 5) is 22.4. The van der Waals surface area contributed by atoms with Crippen molar-refractivity contribution in [1.82, 2.24) is 19.4 Å². The molecule has 0 radical (unpaired) electrons. The molecule has 30 heavy (non-hydrogen) atoms. The van der Waals surface area contributed by atoms with Crippen LogP contribution in [0.25, 0.3) is 11.0 Å². The molecule has 1 atom stereocenters. The van der Waals surface area contributed by atoms with E-state index in [9.17, 15) is 4.79 Å². The fourth-order valence-corrected chi connectivity index (χ4v) is 4.07. The zero-order valence-electron chi connectivity index (χ0n) is 18.1. The first-order chi connectivity index (χ1) is 14.5. The Labute approximate surface area is 178 Å². The van der Waals surface area contributed by atoms with Crippen LogP contribution in [-0.4, -0.2) is 58.5 Å². The number of carbonyl (C=O) groups excluding carboxylic acids is 1. The minimum absolute atomic E-state index is 0.0398. The van der Waals surface area contributed by atoms with Gasteiger partial charge in [0.25, 0.3) is 0 Å². The fraction of sp³-hybridized carbons (Fsp3) is 0.417. The van der Waals surface area contributed by atoms with Gasteiger partial charge in [-0.05, 0) is 37.7 Å². The summed E-state index contributed by atoms with van der Waals surface area (Å²) in [7, 11) is 2.16. The summed E-state index contributed by atoms with van der Waals surface area (Å²) in [5.74, 6) is 0.808. The van der Waals surface area contributed by atoms with Crippen LogP contribution in [0.2, 0.25) is 0 Å². The lowest BCUT2D eigenvalue weighted by Crippen LogP contribution is -2.44. The largest absolute Gasteiger partial charge is 0.327 e. The lowest BCUT2D eigenvalue weighted by molar-refractivity contribution is -0.119. The number of amides is 1. The number of hydrogen-bond donors (Lipinski definition) is 1. The molecule has 1 amide bonds. The number of nitrogens with zero attached hydrogens (tertiary/aromatic N) is 4. The summed E-state index contributed by atoms with van der Waals surface area (Å²) >= 11 is 0. The SMILES string of the molecule is Cc1nc2ccccc2n1CC(C)C(=O)Nc1ccccc1CN1CCN(C)CC1. The Hall–Kier alpha value is -2.70. The quantitative estimate of drug-likeness (QED) is 0.683. The van der Waals surface area contributed by atoms with E-state index < -0.39 is 0 Å². The predicted octanol–water partition coefficient (Wildman–Crippen LogP) is 3.37. The second-order valence-corrected chi connectivity index (χ2v) is 8.39. The van der Waals surface area contributed by atoms with E-state index in [1.807, 2.05) is 50.2 Å². The standard InChI is InChI=1S/C24H31N5O/c1-18(16-29-19(2)25-22-10-6-7-11-23(22)29)24(30)26-21-9-5-4-8-20(21)17-28-14-12-27(3)13-15-28/h4-11,18H,12-17H2,1-3H3,(H,26,30). The van der Waals surface area contributed by atoms with Crippen molar-refractivity contribution in [3.63, 3.8) is 0 Å². The van der Waals surface area contributed by atoms with Crippen LogP contribution in [0.1, 0.15) is 18.3 Å². The summed E-state index contributed by atoms with van der Waals surface area (Å²) in [5.41, 5.74) is 4.14. The number of aromatic nitrogens is 2. The Morgan fingerprint density at radius 1 is 1.07 bits per heavy atom. The number of benzene rings is 2. The first kappa shape index (κ1) is 20.6. The molecule has 1 aliphatic rings. The van der Waals surface area contributed by atoms with Gasteiger partial charge in [0.2, 0.25) is 5.91 Å². The Balaban J connectivity index is 1.44. The highest BCUT2D eigenvalue weighted by atomic mass is 16.1. The number of likely N-dealkylation sites (N-methyl/N-ethyl adjacent to an activating group) is 1. The van der Waals surface area contributed by atoms with Crippen LogP contribution >= 0.6 is 0 Å². The van der Waals surface area contributed by atoms with Crippen molar-refractivity contribution in [3.8, 4) is 0 Å². The topological polar surface area (TPSA) is 53.4 Å². The maximum Gasteiger partial charge on any atom is 0.229 e. The van der Waals surface area contributed by atoms with E-state index in [4.69, 9.17) is 0 Å². The van der Waals surface area contributed by atoms with Gasteiger partial charge in [-0.1, -0.05) is 37.3 Å². The molecule has 158 valence electrons. The number of para-hydroxylation sites is 3. The third-order valence-electron chi connectivity index (χ3n) is 6.01. The van der Waals surface area contributed by atoms with Crippen molar-refractivity contribution in [2.75, 3.05) is 38.5 Å². The molecular formula is C24H31N5O. The molecule has 0 aliphatic carbocycles. The zero-order chi connectivity index (χ0) is 21.1. The predicted molar refractivity (Wildman–Crippen MR) is 121 cm³/mol. The number of piperazine rings is 1. The van der Waals surface area contributed by atoms with Gasteiger partial charge in [0.15, 0.2) is 0 Å². The molecule has 3 aromatic rings. The maximum absolute atomic E-state index is 13.0. The summed E-state index contributed by atoms with van der Waals surface area (Å²) < 4.78 is 2.13. The van der Waals surface area contributed by atoms with Crippen LogP contribution in [0, 0.1) is 12.8 Å². The number of rotatable bonds is 6. The summed E-state index contributed by atoms with van der Waals surface area (Å²) in [5, 5.41) is 3.18. The lowest BCUT2D eigenvalue weighted by Gasteiger charge is -2.32. The van der Waals surface area contributed by atoms with Gasteiger partial charge in [0.1, 0.15) is 5.82 Å². The van der Waals surface area contributed by atoms with E-state index in [2.05, 4.69) is 43.8 Å². The van der Waals surface area contributed by atoms with E-state index in [0.29, 0.717) is 6.54 Å². The molecule has 1 fully saturated rings. The molecule has 0 saturated carbocycles. The lowest BCUT2D eigenvalue weighted by atomic mass is 10.1. The highest BCUT2D eigenvalue weighted by molar-refractivity contribution is 5.93. The molecule has 1 N–H and O–H groups in total. The van der Waals surface area contributed by atoms with Gasteiger partial charge in [-0.2, -0.15) is 0 Å². The number of hydrogen-bond acceptors (Lipinski definition) is 4. The molecule has 0 spiro atoms. The summed E-state index contributed by atoms with van der Waals surface area (Å²) in [6.45, 7) is 9.74. The molecule has 0 bridgehead atoms. The van der Waals surface area contributed by atoms with Crippen molar-refractivity contribution in [2.45, 2.75) is 26.9 Å². The molecule has 1 saturated heterocycles. The van der Waals surface area contributed by atoms with Crippen LogP contribution in [0.4, 0.5) is 5.69 Å². The van der Waals surface area contributed by atoms with Gasteiger partial charge in [-0.3, -0.25) is 9.69 Å². The van der Waals surface area contributed by atoms with Crippen molar-refractivity contribution in [3.05, 3.63) is 59.9 Å². The van der Waals surface area contributed by atoms with Crippen molar-refractivity contribution < 1.29 is 4.79 Å². The molecule has 2 heterocycles. The first-order valence-electron chi connectivity index (χ1n) is 10.7. The molecule has 1 unspecified atom stereocenters. The Bertz CT molecular complexity index is 1020. The van der Waals surface area contributed by atoms with Gasteiger partial charge < -0.3 is 14.8 Å². The van der Waals surface area contributed by atoms with Crippen LogP contribution in [0.3, 0.4) is 0 Å². The summed E-state index contributed by atoms with van der Waals surface area (Å²) in [6.07, 6.45) is 0. The molecule has 6 nitrogen and oxygen atoms in total. The van der Waals surface area contributed by atoms with E-state index in [0.717, 1.165) is 55.3 Å². The van der Waals surface area contributed by atoms with Crippen molar-refractivity contribution in [1.29, 1.82) is 0 Å². The van der Waals surface area contributed by atoms with Gasteiger partial charge in [-0.25, -0.2) is 4.98 Å². The zero-order valence-corrected chi connectivity index (χ0v) is 18.1. The van der Waals surface area contributed by atoms with Crippen molar-refractivity contribution >= 4 is 22.6 Å². The van der Waals surface area contributed by atoms with Crippen LogP contribution in [0.5, 0.6) is 0 Å². The second kappa shape index (κ2) is 8.98. The molecule has 4 rings (SSSR count). The third-order valence-corrected chi connectivity index (χ3v) is 6.01. The molecule has 1 aliphatic heterocycles. The van der Waals surface area contributed by atoms with E-state index >= 15 is 0 Å².